The number of hydrogen-bond donors (Lipinski definition) is 1. The quantitative estimate of drug-likeness (QED) is 0.205. The summed E-state index contributed by atoms with van der Waals surface area (Å²) < 4.78 is 1.69. The maximum absolute atomic E-state index is 10.9. The third-order valence-electron chi connectivity index (χ3n) is 4.59. The fraction of sp³-hybridized carbons (Fsp3) is 0.0476. The molecule has 1 aromatic heterocycles. The van der Waals surface area contributed by atoms with E-state index >= 15 is 0 Å². The first-order valence-corrected chi connectivity index (χ1v) is 9.60. The predicted molar refractivity (Wildman–Crippen MR) is 116 cm³/mol. The van der Waals surface area contributed by atoms with Crippen LogP contribution in [0.3, 0.4) is 0 Å². The molecule has 9 heteroatoms. The van der Waals surface area contributed by atoms with Crippen LogP contribution in [0.2, 0.25) is 10.0 Å². The Balaban J connectivity index is 1.74. The van der Waals surface area contributed by atoms with Crippen LogP contribution in [0.4, 0.5) is 17.1 Å². The molecule has 1 heterocycles. The first-order valence-electron chi connectivity index (χ1n) is 8.84. The normalized spacial score (nSPS) is 11.4. The van der Waals surface area contributed by atoms with Crippen LogP contribution >= 0.6 is 23.2 Å². The number of non-ortho nitro benzene ring substituents is 1. The molecule has 0 atom stereocenters. The van der Waals surface area contributed by atoms with E-state index in [1.54, 1.807) is 22.8 Å². The lowest BCUT2D eigenvalue weighted by molar-refractivity contribution is -0.384. The summed E-state index contributed by atoms with van der Waals surface area (Å²) in [6.07, 6.45) is 0. The van der Waals surface area contributed by atoms with Gasteiger partial charge in [-0.1, -0.05) is 47.5 Å². The number of halogens is 2. The molecule has 150 valence electrons. The predicted octanol–water partition coefficient (Wildman–Crippen LogP) is 7.03. The van der Waals surface area contributed by atoms with Gasteiger partial charge in [-0.2, -0.15) is 5.11 Å². The summed E-state index contributed by atoms with van der Waals surface area (Å²) in [5.41, 5.74) is 2.24. The van der Waals surface area contributed by atoms with Crippen molar-refractivity contribution in [2.45, 2.75) is 6.54 Å². The minimum atomic E-state index is -0.484. The average molecular weight is 441 g/mol. The molecule has 0 aliphatic rings. The fourth-order valence-corrected chi connectivity index (χ4v) is 3.57. The van der Waals surface area contributed by atoms with Crippen LogP contribution in [0.25, 0.3) is 10.9 Å². The van der Waals surface area contributed by atoms with E-state index in [4.69, 9.17) is 23.2 Å². The van der Waals surface area contributed by atoms with Gasteiger partial charge in [-0.05, 0) is 35.9 Å². The highest BCUT2D eigenvalue weighted by Gasteiger charge is 2.17. The van der Waals surface area contributed by atoms with E-state index in [0.29, 0.717) is 33.4 Å². The van der Waals surface area contributed by atoms with Gasteiger partial charge in [-0.15, -0.1) is 5.11 Å². The van der Waals surface area contributed by atoms with Gasteiger partial charge in [-0.3, -0.25) is 10.1 Å². The van der Waals surface area contributed by atoms with Crippen molar-refractivity contribution in [2.75, 3.05) is 0 Å². The highest BCUT2D eigenvalue weighted by molar-refractivity contribution is 6.35. The summed E-state index contributed by atoms with van der Waals surface area (Å²) in [6, 6.07) is 18.3. The molecule has 0 unspecified atom stereocenters. The molecular weight excluding hydrogens is 427 g/mol. The number of para-hydroxylation sites is 1. The molecule has 0 bridgehead atoms. The molecule has 0 saturated heterocycles. The molecule has 0 amide bonds. The number of benzene rings is 3. The average Bonchev–Trinajstić information content (AvgIpc) is 3.00. The van der Waals surface area contributed by atoms with E-state index < -0.39 is 4.92 Å². The number of aromatic nitrogens is 1. The van der Waals surface area contributed by atoms with Crippen LogP contribution in [0, 0.1) is 10.1 Å². The van der Waals surface area contributed by atoms with Crippen molar-refractivity contribution in [3.8, 4) is 5.88 Å². The second-order valence-electron chi connectivity index (χ2n) is 6.48. The van der Waals surface area contributed by atoms with E-state index in [-0.39, 0.29) is 11.6 Å². The number of nitrogens with zero attached hydrogens (tertiary/aromatic N) is 4. The Morgan fingerprint density at radius 2 is 1.73 bits per heavy atom. The largest absolute Gasteiger partial charge is 0.493 e. The SMILES string of the molecule is O=[N+]([O-])c1ccc(N=Nc2c(O)n(Cc3ccc(Cl)cc3Cl)c3ccccc23)cc1. The van der Waals surface area contributed by atoms with Gasteiger partial charge in [0, 0.05) is 27.6 Å². The topological polar surface area (TPSA) is 93.0 Å². The minimum absolute atomic E-state index is 0.0340. The summed E-state index contributed by atoms with van der Waals surface area (Å²) in [7, 11) is 0. The van der Waals surface area contributed by atoms with Gasteiger partial charge in [0.2, 0.25) is 5.88 Å². The number of fused-ring (bicyclic) bond motifs is 1. The molecule has 7 nitrogen and oxygen atoms in total. The Hall–Kier alpha value is -3.42. The van der Waals surface area contributed by atoms with Crippen molar-refractivity contribution in [2.24, 2.45) is 10.2 Å². The van der Waals surface area contributed by atoms with E-state index in [2.05, 4.69) is 10.2 Å². The Bertz CT molecular complexity index is 1280. The van der Waals surface area contributed by atoms with Crippen LogP contribution < -0.4 is 0 Å². The summed E-state index contributed by atoms with van der Waals surface area (Å²) >= 11 is 12.3. The van der Waals surface area contributed by atoms with E-state index in [1.165, 1.54) is 24.3 Å². The maximum atomic E-state index is 10.9. The van der Waals surface area contributed by atoms with Crippen molar-refractivity contribution in [3.05, 3.63) is 92.5 Å². The molecule has 3 aromatic carbocycles. The first-order chi connectivity index (χ1) is 14.4. The second-order valence-corrected chi connectivity index (χ2v) is 7.33. The van der Waals surface area contributed by atoms with Crippen molar-refractivity contribution >= 4 is 51.2 Å². The molecule has 30 heavy (non-hydrogen) atoms. The van der Waals surface area contributed by atoms with E-state index in [0.717, 1.165) is 11.1 Å². The van der Waals surface area contributed by atoms with Crippen LogP contribution in [0.1, 0.15) is 5.56 Å². The molecule has 1 N–H and O–H groups in total. The molecule has 0 aliphatic carbocycles. The number of rotatable bonds is 5. The van der Waals surface area contributed by atoms with Gasteiger partial charge in [0.25, 0.3) is 5.69 Å². The van der Waals surface area contributed by atoms with Crippen molar-refractivity contribution in [1.29, 1.82) is 0 Å². The number of aromatic hydroxyl groups is 1. The molecular formula is C21H14Cl2N4O3. The Morgan fingerprint density at radius 1 is 1.00 bits per heavy atom. The molecule has 0 spiro atoms. The number of hydrogen-bond acceptors (Lipinski definition) is 5. The van der Waals surface area contributed by atoms with Crippen LogP contribution in [0.15, 0.2) is 77.0 Å². The number of nitro groups is 1. The zero-order valence-corrected chi connectivity index (χ0v) is 16.9. The molecule has 4 aromatic rings. The smallest absolute Gasteiger partial charge is 0.269 e. The summed E-state index contributed by atoms with van der Waals surface area (Å²) in [5, 5.41) is 31.7. The third kappa shape index (κ3) is 3.85. The van der Waals surface area contributed by atoms with E-state index in [9.17, 15) is 15.2 Å². The number of nitro benzene ring substituents is 1. The van der Waals surface area contributed by atoms with Gasteiger partial charge in [0.1, 0.15) is 0 Å². The Morgan fingerprint density at radius 3 is 2.43 bits per heavy atom. The van der Waals surface area contributed by atoms with Gasteiger partial charge in [0.15, 0.2) is 5.69 Å². The Labute approximate surface area is 181 Å². The second kappa shape index (κ2) is 8.14. The zero-order valence-electron chi connectivity index (χ0n) is 15.4. The molecule has 0 saturated carbocycles. The number of azo groups is 1. The van der Waals surface area contributed by atoms with Gasteiger partial charge in [-0.25, -0.2) is 0 Å². The maximum Gasteiger partial charge on any atom is 0.269 e. The summed E-state index contributed by atoms with van der Waals surface area (Å²) in [4.78, 5) is 10.3. The van der Waals surface area contributed by atoms with Crippen molar-refractivity contribution in [1.82, 2.24) is 4.57 Å². The minimum Gasteiger partial charge on any atom is -0.493 e. The molecule has 0 radical (unpaired) electrons. The first kappa shape index (κ1) is 19.9. The third-order valence-corrected chi connectivity index (χ3v) is 5.17. The highest BCUT2D eigenvalue weighted by Crippen LogP contribution is 2.40. The molecule has 4 rings (SSSR count). The lowest BCUT2D eigenvalue weighted by Gasteiger charge is -2.09. The lowest BCUT2D eigenvalue weighted by Crippen LogP contribution is -1.99. The zero-order chi connectivity index (χ0) is 21.3. The molecule has 0 fully saturated rings. The van der Waals surface area contributed by atoms with Gasteiger partial charge >= 0.3 is 0 Å². The van der Waals surface area contributed by atoms with Crippen LogP contribution in [-0.4, -0.2) is 14.6 Å². The van der Waals surface area contributed by atoms with Crippen molar-refractivity contribution < 1.29 is 10.0 Å². The Kier molecular flexibility index (Phi) is 5.39. The van der Waals surface area contributed by atoms with Gasteiger partial charge in [0.05, 0.1) is 22.7 Å². The van der Waals surface area contributed by atoms with Crippen molar-refractivity contribution in [3.63, 3.8) is 0 Å². The summed E-state index contributed by atoms with van der Waals surface area (Å²) in [6.45, 7) is 0.315. The molecule has 0 aliphatic heterocycles. The van der Waals surface area contributed by atoms with Crippen LogP contribution in [-0.2, 0) is 6.54 Å². The van der Waals surface area contributed by atoms with Crippen LogP contribution in [0.5, 0.6) is 5.88 Å². The monoisotopic (exact) mass is 440 g/mol. The van der Waals surface area contributed by atoms with Gasteiger partial charge < -0.3 is 9.67 Å². The summed E-state index contributed by atoms with van der Waals surface area (Å²) in [5.74, 6) is -0.0621. The highest BCUT2D eigenvalue weighted by atomic mass is 35.5. The fourth-order valence-electron chi connectivity index (χ4n) is 3.10. The lowest BCUT2D eigenvalue weighted by atomic mass is 10.2. The standard InChI is InChI=1S/C21H14Cl2N4O3/c22-14-6-5-13(18(23)11-14)12-26-19-4-2-1-3-17(19)20(21(26)28)25-24-15-7-9-16(10-8-15)27(29)30/h1-11,28H,12H2. The van der Waals surface area contributed by atoms with E-state index in [1.807, 2.05) is 24.3 Å².